The standard InChI is InChI=1S/C17H15FO5/c1-21-13-6-7-16(22-2)14(9-13)15(19)10-23-17(20)11-4-3-5-12(18)8-11/h3-9H,10H2,1-2H3. The van der Waals surface area contributed by atoms with E-state index in [1.165, 1.54) is 38.5 Å². The van der Waals surface area contributed by atoms with Crippen LogP contribution in [0.3, 0.4) is 0 Å². The fourth-order valence-electron chi connectivity index (χ4n) is 1.94. The van der Waals surface area contributed by atoms with E-state index in [0.29, 0.717) is 11.5 Å². The Hall–Kier alpha value is -2.89. The van der Waals surface area contributed by atoms with Gasteiger partial charge in [-0.3, -0.25) is 4.79 Å². The molecule has 0 aromatic heterocycles. The smallest absolute Gasteiger partial charge is 0.338 e. The summed E-state index contributed by atoms with van der Waals surface area (Å²) in [7, 11) is 2.90. The second-order valence-electron chi connectivity index (χ2n) is 4.58. The number of esters is 1. The van der Waals surface area contributed by atoms with Gasteiger partial charge in [0.1, 0.15) is 17.3 Å². The first kappa shape index (κ1) is 16.5. The number of Topliss-reactive ketones (excluding diaryl/α,β-unsaturated/α-hetero) is 1. The van der Waals surface area contributed by atoms with Gasteiger partial charge in [0.05, 0.1) is 25.3 Å². The van der Waals surface area contributed by atoms with Crippen LogP contribution in [0, 0.1) is 5.82 Å². The minimum absolute atomic E-state index is 0.0374. The van der Waals surface area contributed by atoms with Gasteiger partial charge in [0.15, 0.2) is 6.61 Å². The lowest BCUT2D eigenvalue weighted by Gasteiger charge is -2.10. The average molecular weight is 318 g/mol. The number of methoxy groups -OCH3 is 2. The zero-order valence-corrected chi connectivity index (χ0v) is 12.7. The van der Waals surface area contributed by atoms with Crippen LogP contribution < -0.4 is 9.47 Å². The molecule has 0 aliphatic heterocycles. The molecule has 5 nitrogen and oxygen atoms in total. The first-order valence-corrected chi connectivity index (χ1v) is 6.73. The molecule has 120 valence electrons. The third-order valence-corrected chi connectivity index (χ3v) is 3.10. The summed E-state index contributed by atoms with van der Waals surface area (Å²) in [5.74, 6) is -0.964. The fourth-order valence-corrected chi connectivity index (χ4v) is 1.94. The zero-order valence-electron chi connectivity index (χ0n) is 12.7. The summed E-state index contributed by atoms with van der Waals surface area (Å²) < 4.78 is 28.2. The van der Waals surface area contributed by atoms with Crippen LogP contribution in [-0.4, -0.2) is 32.6 Å². The van der Waals surface area contributed by atoms with E-state index in [9.17, 15) is 14.0 Å². The van der Waals surface area contributed by atoms with Gasteiger partial charge in [-0.1, -0.05) is 6.07 Å². The van der Waals surface area contributed by atoms with Crippen molar-refractivity contribution in [1.29, 1.82) is 0 Å². The molecular formula is C17H15FO5. The molecule has 2 rings (SSSR count). The Morgan fingerprint density at radius 1 is 1.04 bits per heavy atom. The van der Waals surface area contributed by atoms with Gasteiger partial charge in [0.25, 0.3) is 0 Å². The number of carbonyl (C=O) groups is 2. The number of hydrogen-bond acceptors (Lipinski definition) is 5. The molecule has 0 saturated heterocycles. The predicted octanol–water partition coefficient (Wildman–Crippen LogP) is 2.88. The highest BCUT2D eigenvalue weighted by molar-refractivity contribution is 6.01. The van der Waals surface area contributed by atoms with Crippen molar-refractivity contribution in [2.75, 3.05) is 20.8 Å². The van der Waals surface area contributed by atoms with Crippen LogP contribution in [-0.2, 0) is 4.74 Å². The molecule has 0 saturated carbocycles. The van der Waals surface area contributed by atoms with Crippen molar-refractivity contribution in [1.82, 2.24) is 0 Å². The van der Waals surface area contributed by atoms with E-state index in [-0.39, 0.29) is 11.1 Å². The minimum Gasteiger partial charge on any atom is -0.497 e. The highest BCUT2D eigenvalue weighted by Crippen LogP contribution is 2.24. The van der Waals surface area contributed by atoms with Crippen LogP contribution in [0.5, 0.6) is 11.5 Å². The number of ether oxygens (including phenoxy) is 3. The normalized spacial score (nSPS) is 10.0. The Balaban J connectivity index is 2.09. The van der Waals surface area contributed by atoms with E-state index in [1.54, 1.807) is 12.1 Å². The van der Waals surface area contributed by atoms with E-state index >= 15 is 0 Å². The summed E-state index contributed by atoms with van der Waals surface area (Å²) in [6.07, 6.45) is 0. The lowest BCUT2D eigenvalue weighted by molar-refractivity contribution is 0.0473. The summed E-state index contributed by atoms with van der Waals surface area (Å²) in [6, 6.07) is 9.77. The van der Waals surface area contributed by atoms with Crippen molar-refractivity contribution in [3.05, 3.63) is 59.4 Å². The second-order valence-corrected chi connectivity index (χ2v) is 4.58. The summed E-state index contributed by atoms with van der Waals surface area (Å²) in [6.45, 7) is -0.487. The van der Waals surface area contributed by atoms with E-state index < -0.39 is 24.2 Å². The van der Waals surface area contributed by atoms with Crippen molar-refractivity contribution in [2.24, 2.45) is 0 Å². The summed E-state index contributed by atoms with van der Waals surface area (Å²) in [4.78, 5) is 24.0. The van der Waals surface area contributed by atoms with E-state index in [0.717, 1.165) is 6.07 Å². The van der Waals surface area contributed by atoms with Crippen molar-refractivity contribution in [3.8, 4) is 11.5 Å². The quantitative estimate of drug-likeness (QED) is 0.605. The molecule has 0 amide bonds. The van der Waals surface area contributed by atoms with Crippen molar-refractivity contribution >= 4 is 11.8 Å². The molecule has 2 aromatic carbocycles. The average Bonchev–Trinajstić information content (AvgIpc) is 2.58. The molecule has 2 aromatic rings. The van der Waals surface area contributed by atoms with Gasteiger partial charge in [-0.05, 0) is 36.4 Å². The third kappa shape index (κ3) is 4.06. The highest BCUT2D eigenvalue weighted by atomic mass is 19.1. The Labute approximate surface area is 132 Å². The maximum Gasteiger partial charge on any atom is 0.338 e. The number of hydrogen-bond donors (Lipinski definition) is 0. The molecule has 0 fully saturated rings. The van der Waals surface area contributed by atoms with Crippen LogP contribution in [0.25, 0.3) is 0 Å². The molecule has 0 aliphatic carbocycles. The van der Waals surface area contributed by atoms with Gasteiger partial charge in [0.2, 0.25) is 5.78 Å². The minimum atomic E-state index is -0.778. The number of halogens is 1. The Kier molecular flexibility index (Phi) is 5.30. The Morgan fingerprint density at radius 2 is 1.83 bits per heavy atom. The largest absolute Gasteiger partial charge is 0.497 e. The van der Waals surface area contributed by atoms with Crippen molar-refractivity contribution in [3.63, 3.8) is 0 Å². The van der Waals surface area contributed by atoms with E-state index in [2.05, 4.69) is 0 Å². The van der Waals surface area contributed by atoms with Crippen molar-refractivity contribution in [2.45, 2.75) is 0 Å². The molecular weight excluding hydrogens is 303 g/mol. The van der Waals surface area contributed by atoms with Gasteiger partial charge in [-0.2, -0.15) is 0 Å². The van der Waals surface area contributed by atoms with Gasteiger partial charge in [-0.15, -0.1) is 0 Å². The lowest BCUT2D eigenvalue weighted by Crippen LogP contribution is -2.15. The second kappa shape index (κ2) is 7.40. The first-order chi connectivity index (χ1) is 11.0. The monoisotopic (exact) mass is 318 g/mol. The van der Waals surface area contributed by atoms with Crippen LogP contribution in [0.2, 0.25) is 0 Å². The number of ketones is 1. The molecule has 6 heteroatoms. The molecule has 0 radical (unpaired) electrons. The maximum atomic E-state index is 13.1. The molecule has 0 aliphatic rings. The van der Waals surface area contributed by atoms with Crippen LogP contribution in [0.1, 0.15) is 20.7 Å². The van der Waals surface area contributed by atoms with E-state index in [1.807, 2.05) is 0 Å². The topological polar surface area (TPSA) is 61.8 Å². The van der Waals surface area contributed by atoms with Crippen LogP contribution >= 0.6 is 0 Å². The zero-order chi connectivity index (χ0) is 16.8. The fraction of sp³-hybridized carbons (Fsp3) is 0.176. The molecule has 0 bridgehead atoms. The SMILES string of the molecule is COc1ccc(OC)c(C(=O)COC(=O)c2cccc(F)c2)c1. The first-order valence-electron chi connectivity index (χ1n) is 6.73. The Bertz CT molecular complexity index is 727. The van der Waals surface area contributed by atoms with Gasteiger partial charge >= 0.3 is 5.97 Å². The predicted molar refractivity (Wildman–Crippen MR) is 80.6 cm³/mol. The maximum absolute atomic E-state index is 13.1. The van der Waals surface area contributed by atoms with Gasteiger partial charge in [0, 0.05) is 0 Å². The molecule has 0 N–H and O–H groups in total. The number of rotatable bonds is 6. The summed E-state index contributed by atoms with van der Waals surface area (Å²) in [5.41, 5.74) is 0.272. The van der Waals surface area contributed by atoms with Crippen molar-refractivity contribution < 1.29 is 28.2 Å². The lowest BCUT2D eigenvalue weighted by atomic mass is 10.1. The van der Waals surface area contributed by atoms with Gasteiger partial charge < -0.3 is 14.2 Å². The van der Waals surface area contributed by atoms with Crippen LogP contribution in [0.15, 0.2) is 42.5 Å². The van der Waals surface area contributed by atoms with Crippen LogP contribution in [0.4, 0.5) is 4.39 Å². The number of benzene rings is 2. The molecule has 0 unspecified atom stereocenters. The van der Waals surface area contributed by atoms with Gasteiger partial charge in [-0.25, -0.2) is 9.18 Å². The molecule has 23 heavy (non-hydrogen) atoms. The molecule has 0 spiro atoms. The highest BCUT2D eigenvalue weighted by Gasteiger charge is 2.16. The molecule has 0 atom stereocenters. The molecule has 0 heterocycles. The Morgan fingerprint density at radius 3 is 2.48 bits per heavy atom. The van der Waals surface area contributed by atoms with E-state index in [4.69, 9.17) is 14.2 Å². The number of carbonyl (C=O) groups excluding carboxylic acids is 2. The summed E-state index contributed by atoms with van der Waals surface area (Å²) in [5, 5.41) is 0. The summed E-state index contributed by atoms with van der Waals surface area (Å²) >= 11 is 0. The third-order valence-electron chi connectivity index (χ3n) is 3.10.